The second-order valence-electron chi connectivity index (χ2n) is 6.29. The van der Waals surface area contributed by atoms with E-state index in [0.29, 0.717) is 5.76 Å². The van der Waals surface area contributed by atoms with Crippen molar-refractivity contribution < 1.29 is 17.6 Å². The molecule has 5 nitrogen and oxygen atoms in total. The third-order valence-electron chi connectivity index (χ3n) is 4.14. The zero-order valence-corrected chi connectivity index (χ0v) is 14.9. The van der Waals surface area contributed by atoms with E-state index in [9.17, 15) is 13.2 Å². The number of carbonyl (C=O) groups is 1. The number of furan rings is 1. The van der Waals surface area contributed by atoms with Crippen molar-refractivity contribution in [1.29, 1.82) is 0 Å². The standard InChI is InChI=1S/C17H23NO4S/c1-10(2)15(18-17(19)12(4)23(5,20)21)16-11(3)13-8-6-7-9-14(13)22-16/h6-10,12,15H,1-5H3,(H,18,19)/t12-,15-/m1/s1. The van der Waals surface area contributed by atoms with Gasteiger partial charge < -0.3 is 9.73 Å². The Labute approximate surface area is 137 Å². The van der Waals surface area contributed by atoms with Crippen molar-refractivity contribution in [3.63, 3.8) is 0 Å². The van der Waals surface area contributed by atoms with Gasteiger partial charge >= 0.3 is 0 Å². The highest BCUT2D eigenvalue weighted by molar-refractivity contribution is 7.92. The lowest BCUT2D eigenvalue weighted by Gasteiger charge is -2.22. The van der Waals surface area contributed by atoms with Crippen LogP contribution in [0.2, 0.25) is 0 Å². The van der Waals surface area contributed by atoms with E-state index in [-0.39, 0.29) is 12.0 Å². The molecule has 1 N–H and O–H groups in total. The van der Waals surface area contributed by atoms with Crippen LogP contribution in [0, 0.1) is 12.8 Å². The Hall–Kier alpha value is -1.82. The number of fused-ring (bicyclic) bond motifs is 1. The first-order valence-corrected chi connectivity index (χ1v) is 9.55. The average Bonchev–Trinajstić information content (AvgIpc) is 2.80. The van der Waals surface area contributed by atoms with Crippen molar-refractivity contribution in [2.45, 2.75) is 39.0 Å². The summed E-state index contributed by atoms with van der Waals surface area (Å²) in [6.45, 7) is 7.27. The fourth-order valence-corrected chi connectivity index (χ4v) is 2.95. The Bertz CT molecular complexity index is 820. The van der Waals surface area contributed by atoms with E-state index in [1.165, 1.54) is 6.92 Å². The van der Waals surface area contributed by atoms with Gasteiger partial charge in [-0.15, -0.1) is 0 Å². The van der Waals surface area contributed by atoms with Crippen molar-refractivity contribution in [2.75, 3.05) is 6.26 Å². The van der Waals surface area contributed by atoms with Crippen molar-refractivity contribution in [3.8, 4) is 0 Å². The summed E-state index contributed by atoms with van der Waals surface area (Å²) in [6, 6.07) is 7.30. The van der Waals surface area contributed by atoms with Gasteiger partial charge in [-0.2, -0.15) is 0 Å². The summed E-state index contributed by atoms with van der Waals surface area (Å²) in [4.78, 5) is 12.3. The third kappa shape index (κ3) is 3.58. The zero-order chi connectivity index (χ0) is 17.4. The second kappa shape index (κ2) is 6.35. The van der Waals surface area contributed by atoms with Crippen LogP contribution in [-0.4, -0.2) is 25.8 Å². The minimum atomic E-state index is -3.43. The van der Waals surface area contributed by atoms with Gasteiger partial charge in [0, 0.05) is 17.2 Å². The molecule has 2 atom stereocenters. The summed E-state index contributed by atoms with van der Waals surface area (Å²) < 4.78 is 29.1. The molecule has 23 heavy (non-hydrogen) atoms. The van der Waals surface area contributed by atoms with Crippen LogP contribution in [0.5, 0.6) is 0 Å². The van der Waals surface area contributed by atoms with Gasteiger partial charge in [0.2, 0.25) is 5.91 Å². The van der Waals surface area contributed by atoms with Gasteiger partial charge in [0.1, 0.15) is 16.6 Å². The molecule has 6 heteroatoms. The summed E-state index contributed by atoms with van der Waals surface area (Å²) in [7, 11) is -3.43. The van der Waals surface area contributed by atoms with Gasteiger partial charge in [0.05, 0.1) is 6.04 Å². The lowest BCUT2D eigenvalue weighted by Crippen LogP contribution is -2.41. The molecule has 1 heterocycles. The molecule has 0 saturated heterocycles. The predicted molar refractivity (Wildman–Crippen MR) is 91.0 cm³/mol. The van der Waals surface area contributed by atoms with Gasteiger partial charge in [-0.3, -0.25) is 4.79 Å². The van der Waals surface area contributed by atoms with Crippen LogP contribution in [0.4, 0.5) is 0 Å². The minimum Gasteiger partial charge on any atom is -0.459 e. The number of benzene rings is 1. The quantitative estimate of drug-likeness (QED) is 0.910. The van der Waals surface area contributed by atoms with Gasteiger partial charge in [0.15, 0.2) is 9.84 Å². The molecule has 0 aliphatic heterocycles. The van der Waals surface area contributed by atoms with Crippen LogP contribution < -0.4 is 5.32 Å². The molecule has 2 aromatic rings. The van der Waals surface area contributed by atoms with Gasteiger partial charge in [0.25, 0.3) is 0 Å². The summed E-state index contributed by atoms with van der Waals surface area (Å²) in [6.07, 6.45) is 1.06. The molecule has 1 amide bonds. The molecule has 2 rings (SSSR count). The van der Waals surface area contributed by atoms with Crippen LogP contribution >= 0.6 is 0 Å². The smallest absolute Gasteiger partial charge is 0.238 e. The number of amides is 1. The van der Waals surface area contributed by atoms with Crippen molar-refractivity contribution in [2.24, 2.45) is 5.92 Å². The first-order valence-electron chi connectivity index (χ1n) is 7.60. The first kappa shape index (κ1) is 17.5. The SMILES string of the molecule is Cc1c([C@H](NC(=O)[C@@H](C)S(C)(=O)=O)C(C)C)oc2ccccc12. The van der Waals surface area contributed by atoms with Crippen LogP contribution in [-0.2, 0) is 14.6 Å². The number of hydrogen-bond donors (Lipinski definition) is 1. The Balaban J connectivity index is 2.38. The molecule has 0 aliphatic carbocycles. The maximum Gasteiger partial charge on any atom is 0.238 e. The second-order valence-corrected chi connectivity index (χ2v) is 8.66. The maximum atomic E-state index is 12.3. The Kier molecular flexibility index (Phi) is 4.84. The zero-order valence-electron chi connectivity index (χ0n) is 14.1. The Morgan fingerprint density at radius 3 is 2.30 bits per heavy atom. The van der Waals surface area contributed by atoms with E-state index in [2.05, 4.69) is 5.32 Å². The van der Waals surface area contributed by atoms with E-state index in [4.69, 9.17) is 4.42 Å². The first-order chi connectivity index (χ1) is 10.6. The van der Waals surface area contributed by atoms with Crippen molar-refractivity contribution >= 4 is 26.7 Å². The largest absolute Gasteiger partial charge is 0.459 e. The Morgan fingerprint density at radius 2 is 1.78 bits per heavy atom. The third-order valence-corrected chi connectivity index (χ3v) is 5.64. The number of sulfone groups is 1. The summed E-state index contributed by atoms with van der Waals surface area (Å²) in [5.74, 6) is 0.228. The predicted octanol–water partition coefficient (Wildman–Crippen LogP) is 2.99. The number of rotatable bonds is 5. The molecule has 0 saturated carbocycles. The van der Waals surface area contributed by atoms with Crippen molar-refractivity contribution in [1.82, 2.24) is 5.32 Å². The molecular weight excluding hydrogens is 314 g/mol. The van der Waals surface area contributed by atoms with Gasteiger partial charge in [-0.1, -0.05) is 32.0 Å². The normalized spacial score (nSPS) is 14.9. The summed E-state index contributed by atoms with van der Waals surface area (Å²) in [5.41, 5.74) is 1.72. The molecular formula is C17H23NO4S. The highest BCUT2D eigenvalue weighted by Gasteiger charge is 2.30. The van der Waals surface area contributed by atoms with Gasteiger partial charge in [-0.25, -0.2) is 8.42 Å². The van der Waals surface area contributed by atoms with Crippen LogP contribution in [0.1, 0.15) is 38.1 Å². The lowest BCUT2D eigenvalue weighted by atomic mass is 9.98. The molecule has 1 aromatic heterocycles. The fraction of sp³-hybridized carbons (Fsp3) is 0.471. The van der Waals surface area contributed by atoms with E-state index >= 15 is 0 Å². The molecule has 1 aromatic carbocycles. The van der Waals surface area contributed by atoms with Crippen molar-refractivity contribution in [3.05, 3.63) is 35.6 Å². The lowest BCUT2D eigenvalue weighted by molar-refractivity contribution is -0.121. The van der Waals surface area contributed by atoms with Crippen LogP contribution in [0.3, 0.4) is 0 Å². The highest BCUT2D eigenvalue weighted by atomic mass is 32.2. The highest BCUT2D eigenvalue weighted by Crippen LogP contribution is 2.32. The molecule has 0 fully saturated rings. The monoisotopic (exact) mass is 337 g/mol. The fourth-order valence-electron chi connectivity index (χ4n) is 2.49. The summed E-state index contributed by atoms with van der Waals surface area (Å²) >= 11 is 0. The van der Waals surface area contributed by atoms with E-state index in [0.717, 1.165) is 22.8 Å². The van der Waals surface area contributed by atoms with Crippen LogP contribution in [0.15, 0.2) is 28.7 Å². The van der Waals surface area contributed by atoms with Crippen LogP contribution in [0.25, 0.3) is 11.0 Å². The Morgan fingerprint density at radius 1 is 1.17 bits per heavy atom. The number of hydrogen-bond acceptors (Lipinski definition) is 4. The van der Waals surface area contributed by atoms with E-state index in [1.807, 2.05) is 45.0 Å². The summed E-state index contributed by atoms with van der Waals surface area (Å²) in [5, 5.41) is 2.74. The molecule has 0 aliphatic rings. The number of para-hydroxylation sites is 1. The molecule has 0 unspecified atom stereocenters. The van der Waals surface area contributed by atoms with Gasteiger partial charge in [-0.05, 0) is 25.8 Å². The molecule has 0 radical (unpaired) electrons. The minimum absolute atomic E-state index is 0.0602. The number of aryl methyl sites for hydroxylation is 1. The average molecular weight is 337 g/mol. The number of carbonyl (C=O) groups excluding carboxylic acids is 1. The maximum absolute atomic E-state index is 12.3. The van der Waals surface area contributed by atoms with E-state index in [1.54, 1.807) is 0 Å². The number of nitrogens with one attached hydrogen (secondary N) is 1. The molecule has 0 spiro atoms. The molecule has 126 valence electrons. The topological polar surface area (TPSA) is 76.4 Å². The molecule has 0 bridgehead atoms. The van der Waals surface area contributed by atoms with E-state index < -0.39 is 21.0 Å².